The summed E-state index contributed by atoms with van der Waals surface area (Å²) in [6.45, 7) is 8.66. The number of amides is 1. The normalized spacial score (nSPS) is 27.1. The maximum Gasteiger partial charge on any atom is 0.257 e. The monoisotopic (exact) mass is 432 g/mol. The van der Waals surface area contributed by atoms with Gasteiger partial charge in [0.2, 0.25) is 0 Å². The minimum Gasteiger partial charge on any atom is -0.375 e. The van der Waals surface area contributed by atoms with E-state index in [2.05, 4.69) is 55.3 Å². The van der Waals surface area contributed by atoms with Gasteiger partial charge in [-0.15, -0.1) is 0 Å². The average molecular weight is 433 g/mol. The molecule has 0 radical (unpaired) electrons. The van der Waals surface area contributed by atoms with Crippen LogP contribution in [0.5, 0.6) is 0 Å². The van der Waals surface area contributed by atoms with Crippen LogP contribution >= 0.6 is 0 Å². The van der Waals surface area contributed by atoms with E-state index in [1.165, 1.54) is 11.3 Å². The number of carbonyl (C=O) groups is 1. The van der Waals surface area contributed by atoms with Crippen LogP contribution in [0.3, 0.4) is 0 Å². The lowest BCUT2D eigenvalue weighted by Gasteiger charge is -2.34. The molecule has 0 bridgehead atoms. The first-order valence-electron chi connectivity index (χ1n) is 12.2. The Balaban J connectivity index is 1.24. The lowest BCUT2D eigenvalue weighted by atomic mass is 9.79. The Hall–Kier alpha value is -2.33. The van der Waals surface area contributed by atoms with Gasteiger partial charge in [0.25, 0.3) is 5.91 Å². The van der Waals surface area contributed by atoms with Crippen LogP contribution in [0.2, 0.25) is 0 Å². The van der Waals surface area contributed by atoms with Gasteiger partial charge < -0.3 is 15.3 Å². The smallest absolute Gasteiger partial charge is 0.257 e. The van der Waals surface area contributed by atoms with Crippen molar-refractivity contribution in [3.05, 3.63) is 65.7 Å². The van der Waals surface area contributed by atoms with Gasteiger partial charge in [-0.1, -0.05) is 76.1 Å². The molecule has 1 heterocycles. The van der Waals surface area contributed by atoms with Crippen LogP contribution in [0.25, 0.3) is 0 Å². The predicted molar refractivity (Wildman–Crippen MR) is 129 cm³/mol. The Morgan fingerprint density at radius 2 is 1.50 bits per heavy atom. The van der Waals surface area contributed by atoms with Crippen molar-refractivity contribution < 1.29 is 9.90 Å². The summed E-state index contributed by atoms with van der Waals surface area (Å²) >= 11 is 0. The molecule has 3 aliphatic rings. The zero-order valence-corrected chi connectivity index (χ0v) is 19.6. The van der Waals surface area contributed by atoms with Gasteiger partial charge in [0.1, 0.15) is 0 Å². The van der Waals surface area contributed by atoms with E-state index in [0.717, 1.165) is 44.3 Å². The first-order valence-corrected chi connectivity index (χ1v) is 12.2. The Labute approximate surface area is 192 Å². The van der Waals surface area contributed by atoms with Gasteiger partial charge in [0.05, 0.1) is 0 Å². The van der Waals surface area contributed by atoms with E-state index in [4.69, 9.17) is 0 Å². The van der Waals surface area contributed by atoms with Gasteiger partial charge in [0, 0.05) is 42.6 Å². The second-order valence-corrected chi connectivity index (χ2v) is 11.1. The number of hydrogen-bond donors (Lipinski definition) is 2. The molecule has 4 atom stereocenters. The number of hydrogen-bond acceptors (Lipinski definition) is 3. The van der Waals surface area contributed by atoms with Crippen LogP contribution in [0.1, 0.15) is 57.6 Å². The van der Waals surface area contributed by atoms with Gasteiger partial charge in [-0.3, -0.25) is 4.79 Å². The van der Waals surface area contributed by atoms with Gasteiger partial charge in [-0.25, -0.2) is 0 Å². The summed E-state index contributed by atoms with van der Waals surface area (Å²) in [6.07, 6.45) is 4.00. The average Bonchev–Trinajstić information content (AvgIpc) is 3.21. The van der Waals surface area contributed by atoms with Crippen LogP contribution in [0, 0.1) is 17.8 Å². The van der Waals surface area contributed by atoms with E-state index in [0.29, 0.717) is 11.8 Å². The summed E-state index contributed by atoms with van der Waals surface area (Å²) in [5.74, 6) is 0.757. The molecule has 2 aromatic rings. The Kier molecular flexibility index (Phi) is 5.32. The molecular weight excluding hydrogens is 396 g/mol. The molecule has 1 amide bonds. The summed E-state index contributed by atoms with van der Waals surface area (Å²) < 4.78 is 0. The van der Waals surface area contributed by atoms with Crippen molar-refractivity contribution in [3.63, 3.8) is 0 Å². The quantitative estimate of drug-likeness (QED) is 0.725. The molecule has 1 saturated heterocycles. The van der Waals surface area contributed by atoms with Crippen LogP contribution in [0.15, 0.2) is 54.6 Å². The zero-order valence-electron chi connectivity index (χ0n) is 19.6. The van der Waals surface area contributed by atoms with Crippen LogP contribution in [0.4, 0.5) is 5.69 Å². The molecule has 2 aliphatic carbocycles. The Morgan fingerprint density at radius 3 is 2.06 bits per heavy atom. The van der Waals surface area contributed by atoms with E-state index in [1.807, 2.05) is 30.3 Å². The van der Waals surface area contributed by atoms with Crippen molar-refractivity contribution in [1.82, 2.24) is 5.32 Å². The van der Waals surface area contributed by atoms with Crippen molar-refractivity contribution in [2.75, 3.05) is 18.0 Å². The highest BCUT2D eigenvalue weighted by molar-refractivity contribution is 5.87. The van der Waals surface area contributed by atoms with Gasteiger partial charge in [-0.2, -0.15) is 0 Å². The van der Waals surface area contributed by atoms with Crippen LogP contribution < -0.4 is 10.2 Å². The lowest BCUT2D eigenvalue weighted by molar-refractivity contribution is -0.147. The van der Waals surface area contributed by atoms with Gasteiger partial charge >= 0.3 is 0 Å². The second-order valence-electron chi connectivity index (χ2n) is 11.1. The van der Waals surface area contributed by atoms with E-state index in [-0.39, 0.29) is 23.3 Å². The van der Waals surface area contributed by atoms with E-state index in [9.17, 15) is 9.90 Å². The molecule has 2 saturated carbocycles. The van der Waals surface area contributed by atoms with Gasteiger partial charge in [0.15, 0.2) is 5.60 Å². The molecule has 3 fully saturated rings. The molecule has 2 aromatic carbocycles. The lowest BCUT2D eigenvalue weighted by Crippen LogP contribution is -2.51. The van der Waals surface area contributed by atoms with Crippen molar-refractivity contribution in [2.45, 2.75) is 63.5 Å². The number of carbonyl (C=O) groups excluding carboxylic acids is 1. The molecule has 5 rings (SSSR count). The van der Waals surface area contributed by atoms with Crippen molar-refractivity contribution in [3.8, 4) is 0 Å². The van der Waals surface area contributed by atoms with E-state index in [1.54, 1.807) is 0 Å². The first-order chi connectivity index (χ1) is 15.3. The number of aliphatic hydroxyl groups is 1. The summed E-state index contributed by atoms with van der Waals surface area (Å²) in [5, 5.41) is 14.9. The standard InChI is InChI=1S/C28H36N2O2/c1-27(2,3)19-13-15-22(16-14-19)30-17-23-24(18-30)25(23)29-26(31)28(32,21-11-7-8-12-21)20-9-5-4-6-10-20/h4-6,9-10,13-16,21,23-25,32H,7-8,11-12,17-18H2,1-3H3,(H,29,31)/t23-,24+,25?,28?. The highest BCUT2D eigenvalue weighted by Gasteiger charge is 2.58. The van der Waals surface area contributed by atoms with E-state index >= 15 is 0 Å². The zero-order chi connectivity index (χ0) is 22.5. The first kappa shape index (κ1) is 21.5. The largest absolute Gasteiger partial charge is 0.375 e. The summed E-state index contributed by atoms with van der Waals surface area (Å²) in [5.41, 5.74) is 2.09. The molecular formula is C28H36N2O2. The van der Waals surface area contributed by atoms with Crippen LogP contribution in [-0.4, -0.2) is 30.1 Å². The summed E-state index contributed by atoms with van der Waals surface area (Å²) in [6, 6.07) is 18.7. The summed E-state index contributed by atoms with van der Waals surface area (Å²) in [7, 11) is 0. The SMILES string of the molecule is CC(C)(C)c1ccc(N2C[C@@H]3C(NC(=O)C(O)(c4ccccc4)C4CCCC4)[C@@H]3C2)cc1. The molecule has 170 valence electrons. The molecule has 1 aliphatic heterocycles. The molecule has 0 spiro atoms. The number of nitrogens with zero attached hydrogens (tertiary/aromatic N) is 1. The molecule has 4 heteroatoms. The minimum atomic E-state index is -1.42. The maximum absolute atomic E-state index is 13.4. The summed E-state index contributed by atoms with van der Waals surface area (Å²) in [4.78, 5) is 15.9. The molecule has 2 N–H and O–H groups in total. The molecule has 32 heavy (non-hydrogen) atoms. The maximum atomic E-state index is 13.4. The third-order valence-electron chi connectivity index (χ3n) is 8.10. The van der Waals surface area contributed by atoms with Crippen molar-refractivity contribution in [2.24, 2.45) is 17.8 Å². The fourth-order valence-electron chi connectivity index (χ4n) is 5.97. The number of nitrogens with one attached hydrogen (secondary N) is 1. The third-order valence-corrected chi connectivity index (χ3v) is 8.10. The number of anilines is 1. The second kappa shape index (κ2) is 7.91. The fraction of sp³-hybridized carbons (Fsp3) is 0.536. The topological polar surface area (TPSA) is 52.6 Å². The molecule has 2 unspecified atom stereocenters. The molecule has 0 aromatic heterocycles. The van der Waals surface area contributed by atoms with Crippen molar-refractivity contribution in [1.29, 1.82) is 0 Å². The number of piperidine rings is 1. The number of benzene rings is 2. The Morgan fingerprint density at radius 1 is 0.906 bits per heavy atom. The van der Waals surface area contributed by atoms with Crippen molar-refractivity contribution >= 4 is 11.6 Å². The molecule has 4 nitrogen and oxygen atoms in total. The number of fused-ring (bicyclic) bond motifs is 1. The highest BCUT2D eigenvalue weighted by atomic mass is 16.3. The number of rotatable bonds is 5. The highest BCUT2D eigenvalue weighted by Crippen LogP contribution is 2.48. The minimum absolute atomic E-state index is 0.00122. The predicted octanol–water partition coefficient (Wildman–Crippen LogP) is 4.61. The van der Waals surface area contributed by atoms with E-state index < -0.39 is 5.60 Å². The van der Waals surface area contributed by atoms with Crippen LogP contribution in [-0.2, 0) is 15.8 Å². The third kappa shape index (κ3) is 3.73. The fourth-order valence-corrected chi connectivity index (χ4v) is 5.97. The van der Waals surface area contributed by atoms with Gasteiger partial charge in [-0.05, 0) is 41.5 Å². The Bertz CT molecular complexity index is 947.